The summed E-state index contributed by atoms with van der Waals surface area (Å²) in [6, 6.07) is 9.28. The minimum atomic E-state index is -3.45. The van der Waals surface area contributed by atoms with Gasteiger partial charge in [0.05, 0.1) is 22.8 Å². The molecule has 0 fully saturated rings. The predicted octanol–water partition coefficient (Wildman–Crippen LogP) is 2.51. The van der Waals surface area contributed by atoms with Crippen molar-refractivity contribution in [1.29, 1.82) is 0 Å². The van der Waals surface area contributed by atoms with E-state index in [0.29, 0.717) is 5.56 Å². The maximum atomic E-state index is 13.1. The second-order valence-corrected chi connectivity index (χ2v) is 7.22. The summed E-state index contributed by atoms with van der Waals surface area (Å²) in [6.07, 6.45) is -0.0953. The number of nitrogens with one attached hydrogen (secondary N) is 1. The Bertz CT molecular complexity index is 834. The van der Waals surface area contributed by atoms with Crippen LogP contribution in [0.2, 0.25) is 0 Å². The Morgan fingerprint density at radius 1 is 1.22 bits per heavy atom. The summed E-state index contributed by atoms with van der Waals surface area (Å²) in [7, 11) is -3.45. The van der Waals surface area contributed by atoms with Crippen LogP contribution in [-0.4, -0.2) is 25.2 Å². The predicted molar refractivity (Wildman–Crippen MR) is 84.6 cm³/mol. The molecule has 1 amide bonds. The Balaban J connectivity index is 2.19. The zero-order valence-corrected chi connectivity index (χ0v) is 13.2. The molecule has 0 aliphatic carbocycles. The van der Waals surface area contributed by atoms with E-state index < -0.39 is 21.6 Å². The third kappa shape index (κ3) is 4.29. The number of aromatic hydroxyl groups is 1. The van der Waals surface area contributed by atoms with Gasteiger partial charge in [-0.25, -0.2) is 12.8 Å². The molecule has 0 saturated heterocycles. The number of hydrogen-bond donors (Lipinski definition) is 2. The highest BCUT2D eigenvalue weighted by Gasteiger charge is 2.15. The molecule has 0 bridgehead atoms. The summed E-state index contributed by atoms with van der Waals surface area (Å²) in [5.74, 6) is -1.27. The SMILES string of the molecule is CCS(=O)(=O)c1ccc(O)c(NC(=O)Cc2cccc(F)c2)c1. The van der Waals surface area contributed by atoms with Crippen molar-refractivity contribution in [2.24, 2.45) is 0 Å². The van der Waals surface area contributed by atoms with Crippen LogP contribution in [0, 0.1) is 5.82 Å². The highest BCUT2D eigenvalue weighted by atomic mass is 32.2. The Morgan fingerprint density at radius 3 is 2.61 bits per heavy atom. The lowest BCUT2D eigenvalue weighted by Crippen LogP contribution is -2.15. The number of sulfone groups is 1. The minimum Gasteiger partial charge on any atom is -0.506 e. The van der Waals surface area contributed by atoms with Gasteiger partial charge >= 0.3 is 0 Å². The third-order valence-corrected chi connectivity index (χ3v) is 4.97. The normalized spacial score (nSPS) is 11.2. The first-order valence-corrected chi connectivity index (χ1v) is 8.57. The highest BCUT2D eigenvalue weighted by Crippen LogP contribution is 2.27. The number of hydrogen-bond acceptors (Lipinski definition) is 4. The molecule has 0 spiro atoms. The van der Waals surface area contributed by atoms with E-state index in [1.165, 1.54) is 43.3 Å². The van der Waals surface area contributed by atoms with Crippen molar-refractivity contribution in [1.82, 2.24) is 0 Å². The van der Waals surface area contributed by atoms with Gasteiger partial charge in [-0.3, -0.25) is 4.79 Å². The molecular weight excluding hydrogens is 321 g/mol. The number of rotatable bonds is 5. The molecule has 0 radical (unpaired) electrons. The number of phenols is 1. The number of benzene rings is 2. The molecule has 2 N–H and O–H groups in total. The van der Waals surface area contributed by atoms with E-state index in [-0.39, 0.29) is 28.5 Å². The van der Waals surface area contributed by atoms with E-state index in [1.807, 2.05) is 0 Å². The molecule has 0 unspecified atom stereocenters. The van der Waals surface area contributed by atoms with E-state index >= 15 is 0 Å². The number of carbonyl (C=O) groups is 1. The van der Waals surface area contributed by atoms with E-state index in [1.54, 1.807) is 6.07 Å². The van der Waals surface area contributed by atoms with Gasteiger partial charge in [-0.05, 0) is 35.9 Å². The van der Waals surface area contributed by atoms with Crippen molar-refractivity contribution >= 4 is 21.4 Å². The zero-order chi connectivity index (χ0) is 17.0. The number of amides is 1. The lowest BCUT2D eigenvalue weighted by molar-refractivity contribution is -0.115. The van der Waals surface area contributed by atoms with Crippen LogP contribution in [0.5, 0.6) is 5.75 Å². The van der Waals surface area contributed by atoms with E-state index in [9.17, 15) is 22.7 Å². The van der Waals surface area contributed by atoms with Crippen molar-refractivity contribution in [3.05, 3.63) is 53.8 Å². The van der Waals surface area contributed by atoms with Crippen molar-refractivity contribution in [3.63, 3.8) is 0 Å². The summed E-state index contributed by atoms with van der Waals surface area (Å²) in [5, 5.41) is 12.2. The smallest absolute Gasteiger partial charge is 0.228 e. The van der Waals surface area contributed by atoms with Gasteiger partial charge in [0.25, 0.3) is 0 Å². The van der Waals surface area contributed by atoms with Crippen LogP contribution in [0.4, 0.5) is 10.1 Å². The molecule has 0 heterocycles. The number of phenolic OH excluding ortho intramolecular Hbond substituents is 1. The Hall–Kier alpha value is -2.41. The Labute approximate surface area is 133 Å². The van der Waals surface area contributed by atoms with Crippen LogP contribution in [0.3, 0.4) is 0 Å². The van der Waals surface area contributed by atoms with Gasteiger partial charge in [-0.15, -0.1) is 0 Å². The molecule has 5 nitrogen and oxygen atoms in total. The van der Waals surface area contributed by atoms with Crippen LogP contribution in [-0.2, 0) is 21.1 Å². The number of carbonyl (C=O) groups excluding carboxylic acids is 1. The first-order valence-electron chi connectivity index (χ1n) is 6.92. The number of anilines is 1. The maximum absolute atomic E-state index is 13.1. The van der Waals surface area contributed by atoms with Gasteiger partial charge in [-0.1, -0.05) is 19.1 Å². The van der Waals surface area contributed by atoms with E-state index in [4.69, 9.17) is 0 Å². The van der Waals surface area contributed by atoms with Gasteiger partial charge in [0, 0.05) is 0 Å². The Kier molecular flexibility index (Phi) is 5.00. The average molecular weight is 337 g/mol. The first kappa shape index (κ1) is 17.0. The summed E-state index contributed by atoms with van der Waals surface area (Å²) < 4.78 is 36.8. The van der Waals surface area contributed by atoms with Crippen molar-refractivity contribution < 1.29 is 22.7 Å². The molecule has 122 valence electrons. The molecule has 7 heteroatoms. The molecule has 0 aliphatic heterocycles. The zero-order valence-electron chi connectivity index (χ0n) is 12.4. The monoisotopic (exact) mass is 337 g/mol. The quantitative estimate of drug-likeness (QED) is 0.821. The molecule has 0 atom stereocenters. The van der Waals surface area contributed by atoms with Crippen LogP contribution in [0.1, 0.15) is 12.5 Å². The van der Waals surface area contributed by atoms with Crippen LogP contribution in [0.15, 0.2) is 47.4 Å². The molecular formula is C16H16FNO4S. The van der Waals surface area contributed by atoms with Gasteiger partial charge < -0.3 is 10.4 Å². The fraction of sp³-hybridized carbons (Fsp3) is 0.188. The van der Waals surface area contributed by atoms with Gasteiger partial charge in [0.2, 0.25) is 5.91 Å². The molecule has 0 saturated carbocycles. The standard InChI is InChI=1S/C16H16FNO4S/c1-2-23(21,22)13-6-7-15(19)14(10-13)18-16(20)9-11-4-3-5-12(17)8-11/h3-8,10,19H,2,9H2,1H3,(H,18,20). The molecule has 2 rings (SSSR count). The summed E-state index contributed by atoms with van der Waals surface area (Å²) in [6.45, 7) is 1.50. The number of halogens is 1. The fourth-order valence-electron chi connectivity index (χ4n) is 2.00. The second-order valence-electron chi connectivity index (χ2n) is 4.94. The van der Waals surface area contributed by atoms with Gasteiger partial charge in [0.1, 0.15) is 11.6 Å². The lowest BCUT2D eigenvalue weighted by Gasteiger charge is -2.10. The lowest BCUT2D eigenvalue weighted by atomic mass is 10.1. The molecule has 23 heavy (non-hydrogen) atoms. The molecule has 0 aliphatic rings. The molecule has 2 aromatic carbocycles. The maximum Gasteiger partial charge on any atom is 0.228 e. The van der Waals surface area contributed by atoms with Crippen LogP contribution < -0.4 is 5.32 Å². The van der Waals surface area contributed by atoms with Gasteiger partial charge in [-0.2, -0.15) is 0 Å². The minimum absolute atomic E-state index is 0.000859. The van der Waals surface area contributed by atoms with Crippen molar-refractivity contribution in [3.8, 4) is 5.75 Å². The van der Waals surface area contributed by atoms with Crippen molar-refractivity contribution in [2.45, 2.75) is 18.2 Å². The summed E-state index contributed by atoms with van der Waals surface area (Å²) >= 11 is 0. The van der Waals surface area contributed by atoms with Crippen LogP contribution >= 0.6 is 0 Å². The summed E-state index contributed by atoms with van der Waals surface area (Å²) in [4.78, 5) is 12.0. The average Bonchev–Trinajstić information content (AvgIpc) is 2.49. The second kappa shape index (κ2) is 6.78. The summed E-state index contributed by atoms with van der Waals surface area (Å²) in [5.41, 5.74) is 0.472. The topological polar surface area (TPSA) is 83.5 Å². The fourth-order valence-corrected chi connectivity index (χ4v) is 2.91. The van der Waals surface area contributed by atoms with Gasteiger partial charge in [0.15, 0.2) is 9.84 Å². The Morgan fingerprint density at radius 2 is 1.96 bits per heavy atom. The van der Waals surface area contributed by atoms with E-state index in [2.05, 4.69) is 5.32 Å². The highest BCUT2D eigenvalue weighted by molar-refractivity contribution is 7.91. The molecule has 0 aromatic heterocycles. The van der Waals surface area contributed by atoms with Crippen LogP contribution in [0.25, 0.3) is 0 Å². The van der Waals surface area contributed by atoms with E-state index in [0.717, 1.165) is 0 Å². The molecule has 2 aromatic rings. The van der Waals surface area contributed by atoms with Crippen molar-refractivity contribution in [2.75, 3.05) is 11.1 Å². The first-order chi connectivity index (χ1) is 10.8. The largest absolute Gasteiger partial charge is 0.506 e. The third-order valence-electron chi connectivity index (χ3n) is 3.23.